The third kappa shape index (κ3) is 6.19. The van der Waals surface area contributed by atoms with Gasteiger partial charge in [-0.15, -0.1) is 11.3 Å². The van der Waals surface area contributed by atoms with Crippen LogP contribution in [0.25, 0.3) is 0 Å². The van der Waals surface area contributed by atoms with Crippen molar-refractivity contribution in [3.8, 4) is 23.0 Å². The number of thiazole rings is 1. The van der Waals surface area contributed by atoms with E-state index < -0.39 is 0 Å². The molecule has 1 saturated carbocycles. The van der Waals surface area contributed by atoms with Gasteiger partial charge in [0, 0.05) is 34.1 Å². The summed E-state index contributed by atoms with van der Waals surface area (Å²) < 4.78 is 25.5. The molecule has 0 spiro atoms. The van der Waals surface area contributed by atoms with Crippen LogP contribution in [0.3, 0.4) is 0 Å². The molecule has 5 rings (SSSR count). The van der Waals surface area contributed by atoms with Gasteiger partial charge < -0.3 is 23.5 Å². The van der Waals surface area contributed by atoms with Crippen LogP contribution in [0.2, 0.25) is 0 Å². The van der Waals surface area contributed by atoms with Gasteiger partial charge in [-0.1, -0.05) is 46.6 Å². The Bertz CT molecular complexity index is 1540. The van der Waals surface area contributed by atoms with Crippen LogP contribution >= 0.6 is 27.3 Å². The fourth-order valence-corrected chi connectivity index (χ4v) is 6.95. The van der Waals surface area contributed by atoms with Crippen LogP contribution in [0.1, 0.15) is 41.6 Å². The van der Waals surface area contributed by atoms with Crippen LogP contribution in [0, 0.1) is 0 Å². The molecule has 1 heterocycles. The van der Waals surface area contributed by atoms with Crippen molar-refractivity contribution in [2.75, 3.05) is 35.0 Å². The Labute approximate surface area is 254 Å². The van der Waals surface area contributed by atoms with Gasteiger partial charge in [0.1, 0.15) is 0 Å². The molecule has 0 radical (unpaired) electrons. The predicted molar refractivity (Wildman–Crippen MR) is 168 cm³/mol. The molecular weight excluding hydrogens is 600 g/mol. The summed E-state index contributed by atoms with van der Waals surface area (Å²) in [7, 11) is 6.68. The fraction of sp³-hybridized carbons (Fsp3) is 0.364. The monoisotopic (exact) mass is 636 g/mol. The third-order valence-electron chi connectivity index (χ3n) is 8.06. The zero-order chi connectivity index (χ0) is 28.8. The zero-order valence-electron chi connectivity index (χ0n) is 24.1. The number of methoxy groups -OCH3 is 4. The number of rotatable bonds is 12. The lowest BCUT2D eigenvalue weighted by Crippen LogP contribution is -2.39. The van der Waals surface area contributed by atoms with E-state index in [1.54, 1.807) is 39.8 Å². The summed E-state index contributed by atoms with van der Waals surface area (Å²) in [5.74, 6) is 2.98. The number of hydrogen-bond donors (Lipinski definition) is 0. The SMILES string of the molecule is COc1ccc(CC/N=c2/scc(C3(c4ccc(Br)cc4)CCC3)n2CCc2ccc(OC)c(OC)c2)cc1OC. The van der Waals surface area contributed by atoms with Crippen molar-refractivity contribution in [1.29, 1.82) is 0 Å². The van der Waals surface area contributed by atoms with Crippen LogP contribution in [0.15, 0.2) is 75.5 Å². The van der Waals surface area contributed by atoms with E-state index >= 15 is 0 Å². The highest BCUT2D eigenvalue weighted by Crippen LogP contribution is 2.49. The lowest BCUT2D eigenvalue weighted by molar-refractivity contribution is 0.282. The van der Waals surface area contributed by atoms with Gasteiger partial charge in [0.25, 0.3) is 0 Å². The summed E-state index contributed by atoms with van der Waals surface area (Å²) in [6, 6.07) is 21.1. The maximum atomic E-state index is 5.57. The van der Waals surface area contributed by atoms with Crippen LogP contribution in [-0.4, -0.2) is 39.6 Å². The number of ether oxygens (including phenoxy) is 4. The first-order chi connectivity index (χ1) is 20.0. The molecule has 1 aromatic heterocycles. The molecule has 0 unspecified atom stereocenters. The summed E-state index contributed by atoms with van der Waals surface area (Å²) in [6.45, 7) is 1.53. The highest BCUT2D eigenvalue weighted by Gasteiger charge is 2.42. The van der Waals surface area contributed by atoms with Gasteiger partial charge in [-0.05, 0) is 78.8 Å². The minimum atomic E-state index is 0.0198. The van der Waals surface area contributed by atoms with Gasteiger partial charge in [-0.25, -0.2) is 0 Å². The van der Waals surface area contributed by atoms with Crippen LogP contribution in [0.5, 0.6) is 23.0 Å². The molecule has 1 aliphatic rings. The van der Waals surface area contributed by atoms with Gasteiger partial charge in [0.2, 0.25) is 0 Å². The van der Waals surface area contributed by atoms with E-state index in [4.69, 9.17) is 23.9 Å². The van der Waals surface area contributed by atoms with E-state index in [2.05, 4.69) is 68.3 Å². The summed E-state index contributed by atoms with van der Waals surface area (Å²) in [4.78, 5) is 6.19. The van der Waals surface area contributed by atoms with Crippen molar-refractivity contribution in [3.05, 3.63) is 97.7 Å². The molecule has 4 aromatic rings. The topological polar surface area (TPSA) is 54.2 Å². The number of hydrogen-bond acceptors (Lipinski definition) is 6. The number of halogens is 1. The van der Waals surface area contributed by atoms with Gasteiger partial charge in [0.05, 0.1) is 28.4 Å². The standard InChI is InChI=1S/C33H37BrN2O4S/c1-37-27-12-6-23(20-29(27)39-3)14-18-35-32-36(19-15-24-7-13-28(38-2)30(21-24)40-4)31(22-41-32)33(16-5-17-33)25-8-10-26(34)11-9-25/h6-13,20-22H,5,14-19H2,1-4H3/b35-32+. The lowest BCUT2D eigenvalue weighted by atomic mass is 9.62. The first-order valence-corrected chi connectivity index (χ1v) is 15.6. The minimum Gasteiger partial charge on any atom is -0.493 e. The van der Waals surface area contributed by atoms with E-state index in [9.17, 15) is 0 Å². The Balaban J connectivity index is 1.47. The van der Waals surface area contributed by atoms with Crippen molar-refractivity contribution in [2.24, 2.45) is 4.99 Å². The maximum absolute atomic E-state index is 5.57. The highest BCUT2D eigenvalue weighted by molar-refractivity contribution is 9.10. The average molecular weight is 638 g/mol. The molecule has 1 aliphatic carbocycles. The summed E-state index contributed by atoms with van der Waals surface area (Å²) in [5, 5.41) is 2.34. The van der Waals surface area contributed by atoms with Crippen LogP contribution in [0.4, 0.5) is 0 Å². The van der Waals surface area contributed by atoms with E-state index in [0.29, 0.717) is 6.54 Å². The molecule has 0 atom stereocenters. The summed E-state index contributed by atoms with van der Waals surface area (Å²) in [5.41, 5.74) is 5.13. The van der Waals surface area contributed by atoms with Gasteiger partial charge in [0.15, 0.2) is 27.8 Å². The fourth-order valence-electron chi connectivity index (χ4n) is 5.63. The quantitative estimate of drug-likeness (QED) is 0.165. The second-order valence-electron chi connectivity index (χ2n) is 10.3. The van der Waals surface area contributed by atoms with Gasteiger partial charge in [-0.3, -0.25) is 4.99 Å². The third-order valence-corrected chi connectivity index (χ3v) is 9.49. The van der Waals surface area contributed by atoms with E-state index in [1.807, 2.05) is 18.2 Å². The Morgan fingerprint density at radius 3 is 1.90 bits per heavy atom. The van der Waals surface area contributed by atoms with Crippen molar-refractivity contribution in [3.63, 3.8) is 0 Å². The summed E-state index contributed by atoms with van der Waals surface area (Å²) >= 11 is 5.36. The molecular formula is C33H37BrN2O4S. The Morgan fingerprint density at radius 1 is 0.780 bits per heavy atom. The van der Waals surface area contributed by atoms with Crippen LogP contribution < -0.4 is 23.7 Å². The highest BCUT2D eigenvalue weighted by atomic mass is 79.9. The normalized spacial score (nSPS) is 14.4. The van der Waals surface area contributed by atoms with Gasteiger partial charge >= 0.3 is 0 Å². The van der Waals surface area contributed by atoms with Crippen LogP contribution in [-0.2, 0) is 24.8 Å². The first-order valence-electron chi connectivity index (χ1n) is 13.9. The first kappa shape index (κ1) is 29.3. The Kier molecular flexibility index (Phi) is 9.40. The Morgan fingerprint density at radius 2 is 1.37 bits per heavy atom. The molecule has 0 N–H and O–H groups in total. The second-order valence-corrected chi connectivity index (χ2v) is 12.0. The molecule has 216 valence electrons. The number of aromatic nitrogens is 1. The second kappa shape index (κ2) is 13.2. The number of benzene rings is 3. The Hall–Kier alpha value is -3.23. The zero-order valence-corrected chi connectivity index (χ0v) is 26.5. The molecule has 1 fully saturated rings. The molecule has 6 nitrogen and oxygen atoms in total. The predicted octanol–water partition coefficient (Wildman–Crippen LogP) is 7.20. The van der Waals surface area contributed by atoms with Crippen molar-refractivity contribution >= 4 is 27.3 Å². The molecule has 8 heteroatoms. The average Bonchev–Trinajstić information content (AvgIpc) is 3.38. The van der Waals surface area contributed by atoms with E-state index in [1.165, 1.54) is 28.8 Å². The largest absolute Gasteiger partial charge is 0.493 e. The lowest BCUT2D eigenvalue weighted by Gasteiger charge is -2.43. The molecule has 41 heavy (non-hydrogen) atoms. The molecule has 0 amide bonds. The number of nitrogens with zero attached hydrogens (tertiary/aromatic N) is 2. The van der Waals surface area contributed by atoms with Crippen molar-refractivity contribution < 1.29 is 18.9 Å². The summed E-state index contributed by atoms with van der Waals surface area (Å²) in [6.07, 6.45) is 5.21. The molecule has 3 aromatic carbocycles. The molecule has 0 bridgehead atoms. The van der Waals surface area contributed by atoms with E-state index in [-0.39, 0.29) is 5.41 Å². The molecule has 0 aliphatic heterocycles. The molecule has 0 saturated heterocycles. The van der Waals surface area contributed by atoms with E-state index in [0.717, 1.165) is 64.5 Å². The smallest absolute Gasteiger partial charge is 0.184 e. The maximum Gasteiger partial charge on any atom is 0.184 e. The number of aryl methyl sites for hydroxylation is 1. The van der Waals surface area contributed by atoms with Crippen molar-refractivity contribution in [2.45, 2.75) is 44.1 Å². The minimum absolute atomic E-state index is 0.0198. The van der Waals surface area contributed by atoms with Gasteiger partial charge in [-0.2, -0.15) is 0 Å². The van der Waals surface area contributed by atoms with Crippen molar-refractivity contribution in [1.82, 2.24) is 4.57 Å².